The van der Waals surface area contributed by atoms with Gasteiger partial charge in [-0.2, -0.15) is 0 Å². The Balaban J connectivity index is 0.848. The second kappa shape index (κ2) is 12.9. The zero-order valence-electron chi connectivity index (χ0n) is 32.8. The van der Waals surface area contributed by atoms with Crippen LogP contribution in [-0.4, -0.2) is 0 Å². The van der Waals surface area contributed by atoms with Crippen molar-refractivity contribution in [1.29, 1.82) is 0 Å². The highest BCUT2D eigenvalue weighted by molar-refractivity contribution is 6.23. The number of hydrogen-bond acceptors (Lipinski definition) is 0. The molecule has 60 heavy (non-hydrogen) atoms. The summed E-state index contributed by atoms with van der Waals surface area (Å²) in [7, 11) is 0. The fraction of sp³-hybridized carbons (Fsp3) is 0. The highest BCUT2D eigenvalue weighted by Gasteiger charge is 2.23. The first-order chi connectivity index (χ1) is 29.7. The molecule has 0 saturated carbocycles. The fourth-order valence-electron chi connectivity index (χ4n) is 10.2. The predicted octanol–water partition coefficient (Wildman–Crippen LogP) is 16.9. The summed E-state index contributed by atoms with van der Waals surface area (Å²) in [6, 6.07) is 81.4. The molecule has 12 aromatic rings. The van der Waals surface area contributed by atoms with Gasteiger partial charge < -0.3 is 0 Å². The Morgan fingerprint density at radius 3 is 1.52 bits per heavy atom. The highest BCUT2D eigenvalue weighted by Crippen LogP contribution is 2.50. The summed E-state index contributed by atoms with van der Waals surface area (Å²) in [6.07, 6.45) is 0. The van der Waals surface area contributed by atoms with E-state index >= 15 is 0 Å². The van der Waals surface area contributed by atoms with E-state index in [0.29, 0.717) is 0 Å². The van der Waals surface area contributed by atoms with E-state index in [1.165, 1.54) is 131 Å². The molecule has 0 radical (unpaired) electrons. The van der Waals surface area contributed by atoms with Crippen LogP contribution in [0.1, 0.15) is 0 Å². The van der Waals surface area contributed by atoms with Crippen molar-refractivity contribution >= 4 is 64.6 Å². The number of fused-ring (bicyclic) bond motifs is 10. The first kappa shape index (κ1) is 33.2. The maximum atomic E-state index is 2.40. The number of hydrogen-bond donors (Lipinski definition) is 0. The van der Waals surface area contributed by atoms with Gasteiger partial charge in [-0.1, -0.05) is 182 Å². The van der Waals surface area contributed by atoms with Crippen molar-refractivity contribution in [3.8, 4) is 66.8 Å². The van der Waals surface area contributed by atoms with Crippen LogP contribution in [0, 0.1) is 0 Å². The van der Waals surface area contributed by atoms with Crippen LogP contribution in [0.3, 0.4) is 0 Å². The van der Waals surface area contributed by atoms with Crippen molar-refractivity contribution < 1.29 is 0 Å². The second-order valence-electron chi connectivity index (χ2n) is 16.4. The van der Waals surface area contributed by atoms with Crippen molar-refractivity contribution in [1.82, 2.24) is 0 Å². The molecular weight excluding hydrogens is 721 g/mol. The van der Waals surface area contributed by atoms with Crippen molar-refractivity contribution in [2.45, 2.75) is 0 Å². The molecule has 0 aliphatic heterocycles. The molecule has 0 N–H and O–H groups in total. The fourth-order valence-corrected chi connectivity index (χ4v) is 10.2. The largest absolute Gasteiger partial charge is 0.0616 e. The topological polar surface area (TPSA) is 0 Å². The van der Waals surface area contributed by atoms with Gasteiger partial charge in [0.05, 0.1) is 0 Å². The van der Waals surface area contributed by atoms with Gasteiger partial charge in [-0.25, -0.2) is 0 Å². The molecule has 1 aliphatic rings. The third-order valence-electron chi connectivity index (χ3n) is 13.1. The zero-order chi connectivity index (χ0) is 39.3. The molecule has 0 aromatic heterocycles. The minimum atomic E-state index is 1.22. The lowest BCUT2D eigenvalue weighted by molar-refractivity contribution is 1.62. The van der Waals surface area contributed by atoms with Gasteiger partial charge in [0, 0.05) is 0 Å². The lowest BCUT2D eigenvalue weighted by atomic mass is 9.89. The molecule has 12 aromatic carbocycles. The average Bonchev–Trinajstić information content (AvgIpc) is 3.64. The summed E-state index contributed by atoms with van der Waals surface area (Å²) in [4.78, 5) is 0. The van der Waals surface area contributed by atoms with Crippen LogP contribution in [0.25, 0.3) is 131 Å². The van der Waals surface area contributed by atoms with E-state index in [2.05, 4.69) is 218 Å². The zero-order valence-corrected chi connectivity index (χ0v) is 32.8. The molecule has 0 nitrogen and oxygen atoms in total. The minimum Gasteiger partial charge on any atom is -0.0616 e. The molecule has 0 amide bonds. The standard InChI is InChI=1S/C60H36/c1-2-11-39-33-47(25-19-37(39)9-1)49-29-30-56-52-28-27-45(35-58(52)55-18-8-17-53(49)60(55)56)44-24-23-42-31-41(21-22-43(42)32-44)40-12-7-13-46(34-40)57-36-48-26-20-38-10-3-4-14-50(38)59(48)54-16-6-5-15-51(54)57/h1-36H. The number of benzene rings is 12. The molecule has 0 bridgehead atoms. The third-order valence-corrected chi connectivity index (χ3v) is 13.1. The molecule has 0 unspecified atom stereocenters. The molecule has 0 spiro atoms. The van der Waals surface area contributed by atoms with E-state index in [1.54, 1.807) is 0 Å². The van der Waals surface area contributed by atoms with Gasteiger partial charge >= 0.3 is 0 Å². The van der Waals surface area contributed by atoms with Gasteiger partial charge in [0.25, 0.3) is 0 Å². The monoisotopic (exact) mass is 756 g/mol. The van der Waals surface area contributed by atoms with E-state index in [9.17, 15) is 0 Å². The molecule has 0 atom stereocenters. The summed E-state index contributed by atoms with van der Waals surface area (Å²) in [5.41, 5.74) is 15.2. The highest BCUT2D eigenvalue weighted by atomic mass is 14.3. The molecule has 0 heterocycles. The normalized spacial score (nSPS) is 12.0. The summed E-state index contributed by atoms with van der Waals surface area (Å²) < 4.78 is 0. The first-order valence-electron chi connectivity index (χ1n) is 20.9. The van der Waals surface area contributed by atoms with Gasteiger partial charge in [0.1, 0.15) is 0 Å². The average molecular weight is 757 g/mol. The van der Waals surface area contributed by atoms with E-state index in [-0.39, 0.29) is 0 Å². The Bertz CT molecular complexity index is 3770. The minimum absolute atomic E-state index is 1.22. The Hall–Kier alpha value is -7.80. The predicted molar refractivity (Wildman–Crippen MR) is 258 cm³/mol. The quantitative estimate of drug-likeness (QED) is 0.157. The Labute approximate surface area is 348 Å². The van der Waals surface area contributed by atoms with Gasteiger partial charge in [-0.15, -0.1) is 0 Å². The van der Waals surface area contributed by atoms with E-state index in [0.717, 1.165) is 0 Å². The van der Waals surface area contributed by atoms with Crippen LogP contribution in [0.15, 0.2) is 218 Å². The maximum absolute atomic E-state index is 2.40. The lowest BCUT2D eigenvalue weighted by Crippen LogP contribution is -1.87. The summed E-state index contributed by atoms with van der Waals surface area (Å²) in [5, 5.41) is 15.4. The van der Waals surface area contributed by atoms with E-state index in [4.69, 9.17) is 0 Å². The summed E-state index contributed by atoms with van der Waals surface area (Å²) >= 11 is 0. The maximum Gasteiger partial charge on any atom is -0.00201 e. The summed E-state index contributed by atoms with van der Waals surface area (Å²) in [6.45, 7) is 0. The van der Waals surface area contributed by atoms with Crippen molar-refractivity contribution in [2.24, 2.45) is 0 Å². The molecule has 0 heteroatoms. The van der Waals surface area contributed by atoms with Crippen molar-refractivity contribution in [3.05, 3.63) is 218 Å². The Morgan fingerprint density at radius 1 is 0.167 bits per heavy atom. The van der Waals surface area contributed by atoms with Crippen LogP contribution in [0.5, 0.6) is 0 Å². The van der Waals surface area contributed by atoms with E-state index < -0.39 is 0 Å². The van der Waals surface area contributed by atoms with Crippen molar-refractivity contribution in [2.75, 3.05) is 0 Å². The Morgan fingerprint density at radius 2 is 0.667 bits per heavy atom. The van der Waals surface area contributed by atoms with E-state index in [1.807, 2.05) is 0 Å². The van der Waals surface area contributed by atoms with Gasteiger partial charge in [0.2, 0.25) is 0 Å². The van der Waals surface area contributed by atoms with Crippen LogP contribution in [0.4, 0.5) is 0 Å². The second-order valence-corrected chi connectivity index (χ2v) is 16.4. The van der Waals surface area contributed by atoms with Crippen LogP contribution in [-0.2, 0) is 0 Å². The molecule has 0 fully saturated rings. The SMILES string of the molecule is c1cc(-c2ccc3cc(-c4ccc5c(c4)-c4cccc6c(-c7ccc8ccccc8c7)ccc-5c46)ccc3c2)cc(-c2cc3ccc4ccccc4c3c3ccccc23)c1. The molecule has 1 aliphatic carbocycles. The van der Waals surface area contributed by atoms with Gasteiger partial charge in [0.15, 0.2) is 0 Å². The smallest absolute Gasteiger partial charge is 0.00201 e. The Kier molecular flexibility index (Phi) is 7.11. The first-order valence-corrected chi connectivity index (χ1v) is 20.9. The number of rotatable bonds is 4. The third kappa shape index (κ3) is 5.04. The van der Waals surface area contributed by atoms with Gasteiger partial charge in [-0.05, 0) is 168 Å². The van der Waals surface area contributed by atoms with Crippen LogP contribution in [0.2, 0.25) is 0 Å². The van der Waals surface area contributed by atoms with Gasteiger partial charge in [-0.3, -0.25) is 0 Å². The molecule has 13 rings (SSSR count). The van der Waals surface area contributed by atoms with Crippen LogP contribution >= 0.6 is 0 Å². The molecular formula is C60H36. The molecule has 276 valence electrons. The van der Waals surface area contributed by atoms with Crippen molar-refractivity contribution in [3.63, 3.8) is 0 Å². The van der Waals surface area contributed by atoms with Crippen LogP contribution < -0.4 is 0 Å². The molecule has 0 saturated heterocycles. The lowest BCUT2D eigenvalue weighted by Gasteiger charge is -2.14. The summed E-state index contributed by atoms with van der Waals surface area (Å²) in [5.74, 6) is 0.